The van der Waals surface area contributed by atoms with Gasteiger partial charge in [0.15, 0.2) is 0 Å². The van der Waals surface area contributed by atoms with Gasteiger partial charge in [-0.3, -0.25) is 0 Å². The number of benzene rings is 2. The van der Waals surface area contributed by atoms with Gasteiger partial charge in [-0.25, -0.2) is 13.2 Å². The highest BCUT2D eigenvalue weighted by Crippen LogP contribution is 2.22. The Morgan fingerprint density at radius 3 is 2.10 bits per heavy atom. The summed E-state index contributed by atoms with van der Waals surface area (Å²) in [5.41, 5.74) is 6.56. The van der Waals surface area contributed by atoms with E-state index in [1.807, 2.05) is 0 Å². The van der Waals surface area contributed by atoms with Crippen molar-refractivity contribution in [2.45, 2.75) is 18.9 Å². The Kier molecular flexibility index (Phi) is 4.83. The van der Waals surface area contributed by atoms with Crippen molar-refractivity contribution in [3.63, 3.8) is 0 Å². The molecule has 0 saturated heterocycles. The van der Waals surface area contributed by atoms with Crippen LogP contribution >= 0.6 is 15.9 Å². The third kappa shape index (κ3) is 3.41. The van der Waals surface area contributed by atoms with E-state index in [1.54, 1.807) is 12.1 Å². The molecule has 1 nitrogen and oxygen atoms in total. The molecule has 2 aromatic rings. The lowest BCUT2D eigenvalue weighted by molar-refractivity contribution is 0.532. The van der Waals surface area contributed by atoms with Crippen LogP contribution in [0.15, 0.2) is 40.9 Å². The molecule has 0 heterocycles. The van der Waals surface area contributed by atoms with Crippen LogP contribution in [-0.2, 0) is 12.8 Å². The summed E-state index contributed by atoms with van der Waals surface area (Å²) in [6, 6.07) is 7.83. The Hall–Kier alpha value is -1.33. The molecule has 0 aliphatic rings. The fourth-order valence-electron chi connectivity index (χ4n) is 2.05. The molecule has 0 amide bonds. The molecular weight excluding hydrogens is 331 g/mol. The summed E-state index contributed by atoms with van der Waals surface area (Å²) in [6.07, 6.45) is 0.383. The van der Waals surface area contributed by atoms with Crippen molar-refractivity contribution in [1.82, 2.24) is 0 Å². The van der Waals surface area contributed by atoms with E-state index in [0.29, 0.717) is 16.5 Å². The highest BCUT2D eigenvalue weighted by atomic mass is 79.9. The maximum Gasteiger partial charge on any atom is 0.137 e. The van der Waals surface area contributed by atoms with Crippen LogP contribution in [0, 0.1) is 17.5 Å². The van der Waals surface area contributed by atoms with Gasteiger partial charge in [-0.1, -0.05) is 18.2 Å². The smallest absolute Gasteiger partial charge is 0.137 e. The zero-order chi connectivity index (χ0) is 14.7. The standard InChI is InChI=1S/C15H13BrF3N/c16-15-9(3-1-6-14(15)19)7-10(20)8-11-12(17)4-2-5-13(11)18/h1-6,10H,7-8,20H2. The first-order chi connectivity index (χ1) is 9.49. The monoisotopic (exact) mass is 343 g/mol. The van der Waals surface area contributed by atoms with Gasteiger partial charge in [-0.15, -0.1) is 0 Å². The lowest BCUT2D eigenvalue weighted by Gasteiger charge is -2.14. The summed E-state index contributed by atoms with van der Waals surface area (Å²) in [5, 5.41) is 0. The van der Waals surface area contributed by atoms with Crippen molar-refractivity contribution < 1.29 is 13.2 Å². The Morgan fingerprint density at radius 1 is 0.900 bits per heavy atom. The third-order valence-corrected chi connectivity index (χ3v) is 3.93. The number of hydrogen-bond donors (Lipinski definition) is 1. The summed E-state index contributed by atoms with van der Waals surface area (Å²) in [7, 11) is 0. The fourth-order valence-corrected chi connectivity index (χ4v) is 2.48. The van der Waals surface area contributed by atoms with Gasteiger partial charge in [0.25, 0.3) is 0 Å². The van der Waals surface area contributed by atoms with Crippen LogP contribution in [0.2, 0.25) is 0 Å². The van der Waals surface area contributed by atoms with Crippen molar-refractivity contribution in [1.29, 1.82) is 0 Å². The molecule has 2 aromatic carbocycles. The van der Waals surface area contributed by atoms with Gasteiger partial charge < -0.3 is 5.73 Å². The maximum absolute atomic E-state index is 13.5. The van der Waals surface area contributed by atoms with E-state index < -0.39 is 17.7 Å². The minimum atomic E-state index is -0.612. The molecule has 1 atom stereocenters. The van der Waals surface area contributed by atoms with Gasteiger partial charge in [0.2, 0.25) is 0 Å². The third-order valence-electron chi connectivity index (χ3n) is 3.04. The van der Waals surface area contributed by atoms with Crippen LogP contribution in [-0.4, -0.2) is 6.04 Å². The highest BCUT2D eigenvalue weighted by molar-refractivity contribution is 9.10. The van der Waals surface area contributed by atoms with Gasteiger partial charge >= 0.3 is 0 Å². The minimum absolute atomic E-state index is 0.0347. The Bertz CT molecular complexity index is 596. The van der Waals surface area contributed by atoms with Crippen LogP contribution < -0.4 is 5.73 Å². The molecule has 0 saturated carbocycles. The largest absolute Gasteiger partial charge is 0.327 e. The second-order valence-corrected chi connectivity index (χ2v) is 5.37. The molecular formula is C15H13BrF3N. The predicted molar refractivity (Wildman–Crippen MR) is 75.8 cm³/mol. The molecule has 0 radical (unpaired) electrons. The second-order valence-electron chi connectivity index (χ2n) is 4.58. The summed E-state index contributed by atoms with van der Waals surface area (Å²) < 4.78 is 40.8. The SMILES string of the molecule is NC(Cc1cccc(F)c1Br)Cc1c(F)cccc1F. The summed E-state index contributed by atoms with van der Waals surface area (Å²) in [6.45, 7) is 0. The summed E-state index contributed by atoms with van der Waals surface area (Å²) in [4.78, 5) is 0. The van der Waals surface area contributed by atoms with E-state index in [9.17, 15) is 13.2 Å². The van der Waals surface area contributed by atoms with E-state index in [4.69, 9.17) is 5.73 Å². The van der Waals surface area contributed by atoms with Crippen LogP contribution in [0.4, 0.5) is 13.2 Å². The number of halogens is 4. The molecule has 0 aliphatic carbocycles. The molecule has 0 spiro atoms. The number of nitrogens with two attached hydrogens (primary N) is 1. The van der Waals surface area contributed by atoms with E-state index >= 15 is 0 Å². The van der Waals surface area contributed by atoms with E-state index in [2.05, 4.69) is 15.9 Å². The van der Waals surface area contributed by atoms with E-state index in [-0.39, 0.29) is 17.8 Å². The van der Waals surface area contributed by atoms with Crippen LogP contribution in [0.1, 0.15) is 11.1 Å². The van der Waals surface area contributed by atoms with Gasteiger partial charge in [-0.05, 0) is 52.5 Å². The molecule has 20 heavy (non-hydrogen) atoms. The van der Waals surface area contributed by atoms with Crippen LogP contribution in [0.5, 0.6) is 0 Å². The molecule has 1 unspecified atom stereocenters. The van der Waals surface area contributed by atoms with Crippen molar-refractivity contribution in [2.24, 2.45) is 5.73 Å². The second kappa shape index (κ2) is 6.41. The Balaban J connectivity index is 2.13. The zero-order valence-corrected chi connectivity index (χ0v) is 12.1. The predicted octanol–water partition coefficient (Wildman–Crippen LogP) is 3.98. The van der Waals surface area contributed by atoms with Crippen LogP contribution in [0.25, 0.3) is 0 Å². The average Bonchev–Trinajstić information content (AvgIpc) is 2.39. The first kappa shape index (κ1) is 15.1. The fraction of sp³-hybridized carbons (Fsp3) is 0.200. The van der Waals surface area contributed by atoms with E-state index in [1.165, 1.54) is 24.3 Å². The topological polar surface area (TPSA) is 26.0 Å². The first-order valence-electron chi connectivity index (χ1n) is 6.10. The van der Waals surface area contributed by atoms with Gasteiger partial charge in [0, 0.05) is 11.6 Å². The van der Waals surface area contributed by atoms with Crippen molar-refractivity contribution in [2.75, 3.05) is 0 Å². The molecule has 106 valence electrons. The van der Waals surface area contributed by atoms with Gasteiger partial charge in [0.05, 0.1) is 4.47 Å². The molecule has 0 fully saturated rings. The molecule has 0 bridgehead atoms. The molecule has 2 N–H and O–H groups in total. The Morgan fingerprint density at radius 2 is 1.45 bits per heavy atom. The van der Waals surface area contributed by atoms with Gasteiger partial charge in [-0.2, -0.15) is 0 Å². The van der Waals surface area contributed by atoms with Crippen molar-refractivity contribution in [3.05, 3.63) is 69.4 Å². The first-order valence-corrected chi connectivity index (χ1v) is 6.89. The van der Waals surface area contributed by atoms with Crippen molar-refractivity contribution in [3.8, 4) is 0 Å². The summed E-state index contributed by atoms with van der Waals surface area (Å²) in [5.74, 6) is -1.61. The molecule has 0 aliphatic heterocycles. The molecule has 2 rings (SSSR count). The summed E-state index contributed by atoms with van der Waals surface area (Å²) >= 11 is 3.14. The minimum Gasteiger partial charge on any atom is -0.327 e. The zero-order valence-electron chi connectivity index (χ0n) is 10.5. The lowest BCUT2D eigenvalue weighted by Crippen LogP contribution is -2.26. The Labute approximate surface area is 123 Å². The van der Waals surface area contributed by atoms with E-state index in [0.717, 1.165) is 0 Å². The molecule has 5 heteroatoms. The number of rotatable bonds is 4. The normalized spacial score (nSPS) is 12.4. The average molecular weight is 344 g/mol. The van der Waals surface area contributed by atoms with Crippen molar-refractivity contribution >= 4 is 15.9 Å². The quantitative estimate of drug-likeness (QED) is 0.892. The van der Waals surface area contributed by atoms with Crippen LogP contribution in [0.3, 0.4) is 0 Å². The maximum atomic E-state index is 13.5. The highest BCUT2D eigenvalue weighted by Gasteiger charge is 2.15. The molecule has 0 aromatic heterocycles. The lowest BCUT2D eigenvalue weighted by atomic mass is 9.99. The van der Waals surface area contributed by atoms with Gasteiger partial charge in [0.1, 0.15) is 17.5 Å². The number of hydrogen-bond acceptors (Lipinski definition) is 1.